The zero-order chi connectivity index (χ0) is 13.3. The van der Waals surface area contributed by atoms with E-state index in [1.807, 2.05) is 7.05 Å². The minimum atomic E-state index is -3.38. The van der Waals surface area contributed by atoms with Gasteiger partial charge in [0.1, 0.15) is 0 Å². The van der Waals surface area contributed by atoms with Gasteiger partial charge in [0.25, 0.3) is 0 Å². The van der Waals surface area contributed by atoms with Crippen LogP contribution in [-0.2, 0) is 10.0 Å². The van der Waals surface area contributed by atoms with Crippen LogP contribution in [0.4, 0.5) is 0 Å². The van der Waals surface area contributed by atoms with Crippen molar-refractivity contribution < 1.29 is 8.42 Å². The van der Waals surface area contributed by atoms with Crippen LogP contribution in [-0.4, -0.2) is 50.8 Å². The van der Waals surface area contributed by atoms with E-state index in [1.54, 1.807) is 29.4 Å². The molecule has 1 aliphatic heterocycles. The van der Waals surface area contributed by atoms with Crippen LogP contribution < -0.4 is 0 Å². The molecular weight excluding hydrogens is 272 g/mol. The minimum absolute atomic E-state index is 0.358. The Morgan fingerprint density at radius 3 is 2.33 bits per heavy atom. The van der Waals surface area contributed by atoms with Crippen LogP contribution in [0.5, 0.6) is 0 Å². The highest BCUT2D eigenvalue weighted by Gasteiger charge is 2.28. The zero-order valence-corrected chi connectivity index (χ0v) is 12.1. The van der Waals surface area contributed by atoms with Gasteiger partial charge < -0.3 is 4.90 Å². The molecule has 6 heteroatoms. The van der Waals surface area contributed by atoms with E-state index in [0.29, 0.717) is 28.6 Å². The lowest BCUT2D eigenvalue weighted by molar-refractivity contribution is 0.222. The number of hydrogen-bond acceptors (Lipinski definition) is 3. The number of piperazine rings is 1. The smallest absolute Gasteiger partial charge is 0.243 e. The predicted molar refractivity (Wildman–Crippen MR) is 72.4 cm³/mol. The molecule has 100 valence electrons. The highest BCUT2D eigenvalue weighted by molar-refractivity contribution is 7.89. The van der Waals surface area contributed by atoms with Crippen molar-refractivity contribution >= 4 is 21.6 Å². The molecule has 0 unspecified atom stereocenters. The first kappa shape index (κ1) is 13.8. The quantitative estimate of drug-likeness (QED) is 0.830. The fraction of sp³-hybridized carbons (Fsp3) is 0.500. The van der Waals surface area contributed by atoms with Crippen molar-refractivity contribution in [3.63, 3.8) is 0 Å². The van der Waals surface area contributed by atoms with Gasteiger partial charge in [-0.1, -0.05) is 11.6 Å². The summed E-state index contributed by atoms with van der Waals surface area (Å²) in [6.45, 7) is 4.40. The fourth-order valence-electron chi connectivity index (χ4n) is 2.07. The van der Waals surface area contributed by atoms with Crippen LogP contribution in [0.2, 0.25) is 5.02 Å². The Labute approximate surface area is 113 Å². The molecule has 0 amide bonds. The number of likely N-dealkylation sites (N-methyl/N-ethyl adjacent to an activating group) is 1. The van der Waals surface area contributed by atoms with E-state index in [9.17, 15) is 8.42 Å². The summed E-state index contributed by atoms with van der Waals surface area (Å²) in [4.78, 5) is 2.48. The maximum atomic E-state index is 12.5. The summed E-state index contributed by atoms with van der Waals surface area (Å²) in [5.74, 6) is 0. The van der Waals surface area contributed by atoms with Crippen LogP contribution in [0.25, 0.3) is 0 Å². The molecule has 0 N–H and O–H groups in total. The van der Waals surface area contributed by atoms with E-state index >= 15 is 0 Å². The monoisotopic (exact) mass is 288 g/mol. The zero-order valence-electron chi connectivity index (χ0n) is 10.6. The van der Waals surface area contributed by atoms with Gasteiger partial charge in [0, 0.05) is 31.2 Å². The van der Waals surface area contributed by atoms with E-state index < -0.39 is 10.0 Å². The van der Waals surface area contributed by atoms with Gasteiger partial charge in [-0.25, -0.2) is 8.42 Å². The molecule has 1 aliphatic rings. The summed E-state index contributed by atoms with van der Waals surface area (Å²) in [5.41, 5.74) is 0.696. The van der Waals surface area contributed by atoms with Crippen molar-refractivity contribution in [1.29, 1.82) is 0 Å². The third-order valence-corrected chi connectivity index (χ3v) is 5.51. The normalized spacial score (nSPS) is 19.1. The Kier molecular flexibility index (Phi) is 3.96. The van der Waals surface area contributed by atoms with E-state index in [1.165, 1.54) is 0 Å². The van der Waals surface area contributed by atoms with Crippen LogP contribution in [0.1, 0.15) is 5.56 Å². The molecule has 4 nitrogen and oxygen atoms in total. The number of halogens is 1. The largest absolute Gasteiger partial charge is 0.304 e. The maximum Gasteiger partial charge on any atom is 0.243 e. The number of aryl methyl sites for hydroxylation is 1. The molecule has 1 heterocycles. The van der Waals surface area contributed by atoms with Crippen molar-refractivity contribution in [2.45, 2.75) is 11.8 Å². The molecule has 1 aromatic rings. The Morgan fingerprint density at radius 1 is 1.17 bits per heavy atom. The lowest BCUT2D eigenvalue weighted by Gasteiger charge is -2.31. The van der Waals surface area contributed by atoms with Crippen molar-refractivity contribution in [1.82, 2.24) is 9.21 Å². The first-order chi connectivity index (χ1) is 8.41. The van der Waals surface area contributed by atoms with Crippen molar-refractivity contribution in [2.75, 3.05) is 33.2 Å². The third-order valence-electron chi connectivity index (χ3n) is 3.22. The van der Waals surface area contributed by atoms with Gasteiger partial charge in [-0.15, -0.1) is 0 Å². The van der Waals surface area contributed by atoms with Crippen LogP contribution >= 0.6 is 11.6 Å². The Hall–Kier alpha value is -0.620. The first-order valence-electron chi connectivity index (χ1n) is 5.86. The molecule has 0 aromatic heterocycles. The molecule has 18 heavy (non-hydrogen) atoms. The van der Waals surface area contributed by atoms with Crippen LogP contribution in [0, 0.1) is 6.92 Å². The van der Waals surface area contributed by atoms with Gasteiger partial charge in [0.15, 0.2) is 0 Å². The van der Waals surface area contributed by atoms with Crippen molar-refractivity contribution in [3.05, 3.63) is 28.8 Å². The Morgan fingerprint density at radius 2 is 1.78 bits per heavy atom. The highest BCUT2D eigenvalue weighted by atomic mass is 35.5. The Balaban J connectivity index is 2.30. The lowest BCUT2D eigenvalue weighted by atomic mass is 10.2. The maximum absolute atomic E-state index is 12.5. The molecule has 0 aliphatic carbocycles. The SMILES string of the molecule is Cc1cc(Cl)ccc1S(=O)(=O)N1CCN(C)CC1. The molecule has 0 atom stereocenters. The second kappa shape index (κ2) is 5.17. The molecule has 1 saturated heterocycles. The van der Waals surface area contributed by atoms with E-state index in [0.717, 1.165) is 13.1 Å². The lowest BCUT2D eigenvalue weighted by Crippen LogP contribution is -2.47. The van der Waals surface area contributed by atoms with Crippen molar-refractivity contribution in [2.24, 2.45) is 0 Å². The second-order valence-corrected chi connectivity index (χ2v) is 6.96. The highest BCUT2D eigenvalue weighted by Crippen LogP contribution is 2.23. The molecule has 1 fully saturated rings. The summed E-state index contributed by atoms with van der Waals surface area (Å²) in [5, 5.41) is 0.560. The summed E-state index contributed by atoms with van der Waals surface area (Å²) in [6.07, 6.45) is 0. The minimum Gasteiger partial charge on any atom is -0.304 e. The molecule has 1 aromatic carbocycles. The number of hydrogen-bond donors (Lipinski definition) is 0. The molecule has 0 bridgehead atoms. The third kappa shape index (κ3) is 2.69. The summed E-state index contributed by atoms with van der Waals surface area (Å²) < 4.78 is 26.5. The summed E-state index contributed by atoms with van der Waals surface area (Å²) in [6, 6.07) is 4.90. The van der Waals surface area contributed by atoms with Crippen molar-refractivity contribution in [3.8, 4) is 0 Å². The second-order valence-electron chi connectivity index (χ2n) is 4.62. The summed E-state index contributed by atoms with van der Waals surface area (Å²) in [7, 11) is -1.39. The van der Waals surface area contributed by atoms with Gasteiger partial charge in [-0.2, -0.15) is 4.31 Å². The van der Waals surface area contributed by atoms with Crippen LogP contribution in [0.3, 0.4) is 0 Å². The average molecular weight is 289 g/mol. The average Bonchev–Trinajstić information content (AvgIpc) is 2.29. The first-order valence-corrected chi connectivity index (χ1v) is 7.68. The fourth-order valence-corrected chi connectivity index (χ4v) is 3.92. The van der Waals surface area contributed by atoms with Gasteiger partial charge in [-0.05, 0) is 37.7 Å². The topological polar surface area (TPSA) is 40.6 Å². The predicted octanol–water partition coefficient (Wildman–Crippen LogP) is 1.58. The number of rotatable bonds is 2. The van der Waals surface area contributed by atoms with E-state index in [2.05, 4.69) is 4.90 Å². The van der Waals surface area contributed by atoms with Gasteiger partial charge in [0.05, 0.1) is 4.90 Å². The number of nitrogens with zero attached hydrogens (tertiary/aromatic N) is 2. The van der Waals surface area contributed by atoms with Gasteiger partial charge in [-0.3, -0.25) is 0 Å². The number of benzene rings is 1. The number of sulfonamides is 1. The molecule has 0 spiro atoms. The van der Waals surface area contributed by atoms with Gasteiger partial charge >= 0.3 is 0 Å². The van der Waals surface area contributed by atoms with E-state index in [-0.39, 0.29) is 0 Å². The van der Waals surface area contributed by atoms with E-state index in [4.69, 9.17) is 11.6 Å². The summed E-state index contributed by atoms with van der Waals surface area (Å²) >= 11 is 5.86. The molecule has 2 rings (SSSR count). The van der Waals surface area contributed by atoms with Gasteiger partial charge in [0.2, 0.25) is 10.0 Å². The standard InChI is InChI=1S/C12H17ClN2O2S/c1-10-9-11(13)3-4-12(10)18(16,17)15-7-5-14(2)6-8-15/h3-4,9H,5-8H2,1-2H3. The molecular formula is C12H17ClN2O2S. The molecule has 0 radical (unpaired) electrons. The Bertz CT molecular complexity index is 537. The molecule has 0 saturated carbocycles. The van der Waals surface area contributed by atoms with Crippen LogP contribution in [0.15, 0.2) is 23.1 Å².